The van der Waals surface area contributed by atoms with E-state index in [1.54, 1.807) is 7.05 Å². The third kappa shape index (κ3) is 6.68. The highest BCUT2D eigenvalue weighted by atomic mass is 19.1. The van der Waals surface area contributed by atoms with Gasteiger partial charge in [-0.3, -0.25) is 0 Å². The Hall–Kier alpha value is -4.09. The normalized spacial score (nSPS) is 15.5. The average Bonchev–Trinajstić information content (AvgIpc) is 3.30. The Bertz CT molecular complexity index is 1340. The van der Waals surface area contributed by atoms with E-state index in [-0.39, 0.29) is 47.7 Å². The summed E-state index contributed by atoms with van der Waals surface area (Å²) in [5.41, 5.74) is -0.329. The van der Waals surface area contributed by atoms with Gasteiger partial charge >= 0.3 is 5.69 Å². The highest BCUT2D eigenvalue weighted by Crippen LogP contribution is 2.30. The highest BCUT2D eigenvalue weighted by molar-refractivity contribution is 5.64. The summed E-state index contributed by atoms with van der Waals surface area (Å²) in [6.45, 7) is 2.37. The van der Waals surface area contributed by atoms with Crippen LogP contribution in [0.3, 0.4) is 0 Å². The van der Waals surface area contributed by atoms with Gasteiger partial charge in [-0.25, -0.2) is 14.2 Å². The molecule has 0 radical (unpaired) electrons. The van der Waals surface area contributed by atoms with Gasteiger partial charge in [-0.05, 0) is 55.3 Å². The zero-order valence-electron chi connectivity index (χ0n) is 22.1. The molecule has 0 atom stereocenters. The summed E-state index contributed by atoms with van der Waals surface area (Å²) in [5.74, 6) is -0.452. The number of fused-ring (bicyclic) bond motifs is 1. The van der Waals surface area contributed by atoms with E-state index in [0.29, 0.717) is 0 Å². The number of halogens is 1. The maximum atomic E-state index is 14.6. The van der Waals surface area contributed by atoms with Gasteiger partial charge in [-0.2, -0.15) is 19.6 Å². The number of nitrogens with zero attached hydrogens (tertiary/aromatic N) is 8. The number of hydrogen-bond donors (Lipinski definition) is 3. The van der Waals surface area contributed by atoms with Crippen molar-refractivity contribution in [2.24, 2.45) is 7.05 Å². The summed E-state index contributed by atoms with van der Waals surface area (Å²) in [6, 6.07) is 5.24. The average molecular weight is 541 g/mol. The van der Waals surface area contributed by atoms with Crippen LogP contribution in [0, 0.1) is 17.1 Å². The van der Waals surface area contributed by atoms with Crippen LogP contribution >= 0.6 is 0 Å². The number of benzene rings is 1. The maximum Gasteiger partial charge on any atom is 0.368 e. The van der Waals surface area contributed by atoms with E-state index in [4.69, 9.17) is 15.1 Å². The maximum absolute atomic E-state index is 14.6. The Balaban J connectivity index is 0.000000292. The molecule has 4 heterocycles. The quantitative estimate of drug-likeness (QED) is 0.402. The molecule has 39 heavy (non-hydrogen) atoms. The van der Waals surface area contributed by atoms with Crippen LogP contribution in [0.2, 0.25) is 0 Å². The van der Waals surface area contributed by atoms with E-state index in [2.05, 4.69) is 35.9 Å². The summed E-state index contributed by atoms with van der Waals surface area (Å²) in [6.07, 6.45) is 10.1. The zero-order chi connectivity index (χ0) is 27.8. The van der Waals surface area contributed by atoms with Crippen LogP contribution < -0.4 is 21.1 Å². The van der Waals surface area contributed by atoms with Gasteiger partial charge in [0.25, 0.3) is 0 Å². The molecule has 2 aromatic heterocycles. The van der Waals surface area contributed by atoms with Crippen molar-refractivity contribution in [1.29, 1.82) is 5.26 Å². The summed E-state index contributed by atoms with van der Waals surface area (Å²) in [7, 11) is 2.99. The number of nitriles is 1. The van der Waals surface area contributed by atoms with Crippen LogP contribution in [0.25, 0.3) is 5.69 Å². The fraction of sp³-hybridized carbons (Fsp3) is 0.520. The van der Waals surface area contributed by atoms with Crippen LogP contribution in [0.4, 0.5) is 21.8 Å². The second-order valence-electron chi connectivity index (χ2n) is 9.29. The van der Waals surface area contributed by atoms with Gasteiger partial charge < -0.3 is 25.4 Å². The Morgan fingerprint density at radius 2 is 1.95 bits per heavy atom. The molecular weight excluding hydrogens is 507 g/mol. The van der Waals surface area contributed by atoms with Crippen LogP contribution in [-0.4, -0.2) is 79.2 Å². The molecule has 0 unspecified atom stereocenters. The fourth-order valence-corrected chi connectivity index (χ4v) is 4.75. The summed E-state index contributed by atoms with van der Waals surface area (Å²) >= 11 is 0. The Kier molecular flexibility index (Phi) is 9.40. The van der Waals surface area contributed by atoms with Gasteiger partial charge in [0.15, 0.2) is 5.82 Å². The van der Waals surface area contributed by atoms with Crippen LogP contribution in [-0.2, 0) is 7.05 Å². The van der Waals surface area contributed by atoms with Gasteiger partial charge in [-0.1, -0.05) is 12.8 Å². The number of aliphatic hydroxyl groups excluding tert-OH is 1. The third-order valence-corrected chi connectivity index (χ3v) is 6.72. The molecule has 208 valence electrons. The number of hydrogen-bond acceptors (Lipinski definition) is 11. The zero-order valence-corrected chi connectivity index (χ0v) is 22.1. The Morgan fingerprint density at radius 1 is 1.21 bits per heavy atom. The summed E-state index contributed by atoms with van der Waals surface area (Å²) in [5, 5.41) is 30.8. The van der Waals surface area contributed by atoms with E-state index in [1.807, 2.05) is 6.07 Å². The molecule has 0 spiro atoms. The Labute approximate surface area is 225 Å². The molecule has 0 amide bonds. The minimum Gasteiger partial charge on any atom is -0.489 e. The van der Waals surface area contributed by atoms with Crippen molar-refractivity contribution in [2.75, 3.05) is 44.0 Å². The van der Waals surface area contributed by atoms with E-state index in [1.165, 1.54) is 70.9 Å². The first-order chi connectivity index (χ1) is 18.9. The SMILES string of the molecule is C1CCN2CCCCC2C1.CNc1nc(Nc2cc(-n3nnn(C)c3=O)c(OCCO)cc2F)ncc1C#N. The number of nitrogens with one attached hydrogen (secondary N) is 2. The monoisotopic (exact) mass is 540 g/mol. The van der Waals surface area contributed by atoms with E-state index in [0.717, 1.165) is 21.5 Å². The lowest BCUT2D eigenvalue weighted by molar-refractivity contribution is 0.109. The lowest BCUT2D eigenvalue weighted by atomic mass is 9.93. The van der Waals surface area contributed by atoms with Gasteiger partial charge in [0.05, 0.1) is 18.5 Å². The lowest BCUT2D eigenvalue weighted by Gasteiger charge is -2.39. The lowest BCUT2D eigenvalue weighted by Crippen LogP contribution is -2.42. The van der Waals surface area contributed by atoms with Gasteiger partial charge in [0, 0.05) is 26.2 Å². The molecule has 3 N–H and O–H groups in total. The molecule has 2 aliphatic heterocycles. The fourth-order valence-electron chi connectivity index (χ4n) is 4.75. The van der Waals surface area contributed by atoms with E-state index < -0.39 is 11.5 Å². The van der Waals surface area contributed by atoms with Crippen LogP contribution in [0.5, 0.6) is 5.75 Å². The van der Waals surface area contributed by atoms with E-state index in [9.17, 15) is 9.18 Å². The van der Waals surface area contributed by atoms with Gasteiger partial charge in [0.1, 0.15) is 35.5 Å². The first-order valence-electron chi connectivity index (χ1n) is 13.0. The number of piperidine rings is 2. The number of ether oxygens (including phenoxy) is 1. The van der Waals surface area contributed by atoms with E-state index >= 15 is 0 Å². The first kappa shape index (κ1) is 27.9. The number of tetrazole rings is 1. The van der Waals surface area contributed by atoms with Crippen molar-refractivity contribution in [3.63, 3.8) is 0 Å². The molecule has 13 nitrogen and oxygen atoms in total. The number of anilines is 3. The predicted octanol–water partition coefficient (Wildman–Crippen LogP) is 1.95. The van der Waals surface area contributed by atoms with Crippen molar-refractivity contribution in [3.8, 4) is 17.5 Å². The largest absolute Gasteiger partial charge is 0.489 e. The first-order valence-corrected chi connectivity index (χ1v) is 13.0. The summed E-state index contributed by atoms with van der Waals surface area (Å²) < 4.78 is 21.9. The summed E-state index contributed by atoms with van der Waals surface area (Å²) in [4.78, 5) is 23.0. The number of aryl methyl sites for hydroxylation is 1. The molecule has 5 rings (SSSR count). The standard InChI is InChI=1S/C16H16FN9O3.C9H17N/c1-19-14-9(7-18)8-20-15(22-14)21-11-6-12(26-16(28)25(2)23-24-26)13(5-10(11)17)29-4-3-27;1-3-7-10-8-4-2-6-9(10)5-1/h5-6,8,27H,3-4H2,1-2H3,(H2,19,20,21,22);9H,1-8H2. The molecule has 0 aliphatic carbocycles. The van der Waals surface area contributed by atoms with Crippen molar-refractivity contribution in [1.82, 2.24) is 34.7 Å². The highest BCUT2D eigenvalue weighted by Gasteiger charge is 2.24. The van der Waals surface area contributed by atoms with Crippen molar-refractivity contribution < 1.29 is 14.2 Å². The predicted molar refractivity (Wildman–Crippen MR) is 142 cm³/mol. The third-order valence-electron chi connectivity index (χ3n) is 6.72. The topological polar surface area (TPSA) is 159 Å². The molecule has 2 saturated heterocycles. The van der Waals surface area contributed by atoms with Crippen molar-refractivity contribution >= 4 is 17.5 Å². The van der Waals surface area contributed by atoms with Gasteiger partial charge in [0.2, 0.25) is 5.95 Å². The van der Waals surface area contributed by atoms with Crippen LogP contribution in [0.1, 0.15) is 44.1 Å². The molecule has 1 aromatic carbocycles. The van der Waals surface area contributed by atoms with Gasteiger partial charge in [-0.15, -0.1) is 0 Å². The Morgan fingerprint density at radius 3 is 2.54 bits per heavy atom. The molecule has 2 aliphatic rings. The molecule has 0 saturated carbocycles. The number of aliphatic hydroxyl groups is 1. The van der Waals surface area contributed by atoms with Crippen molar-refractivity contribution in [2.45, 2.75) is 44.6 Å². The molecule has 14 heteroatoms. The molecule has 3 aromatic rings. The molecule has 0 bridgehead atoms. The second kappa shape index (κ2) is 13.1. The minimum atomic E-state index is -0.724. The van der Waals surface area contributed by atoms with Crippen LogP contribution in [0.15, 0.2) is 23.1 Å². The number of aromatic nitrogens is 6. The smallest absolute Gasteiger partial charge is 0.368 e. The number of rotatable bonds is 7. The minimum absolute atomic E-state index is 0.0126. The van der Waals surface area contributed by atoms with Crippen molar-refractivity contribution in [3.05, 3.63) is 40.2 Å². The molecular formula is C25H33FN10O3. The molecule has 2 fully saturated rings. The second-order valence-corrected chi connectivity index (χ2v) is 9.29.